The lowest BCUT2D eigenvalue weighted by molar-refractivity contribution is -0.143. The second-order valence-electron chi connectivity index (χ2n) is 6.65. The highest BCUT2D eigenvalue weighted by Gasteiger charge is 2.23. The molecule has 1 amide bonds. The molecule has 0 saturated heterocycles. The molecule has 0 N–H and O–H groups in total. The molecule has 0 heterocycles. The van der Waals surface area contributed by atoms with Crippen LogP contribution in [-0.2, 0) is 20.9 Å². The number of hydrogen-bond acceptors (Lipinski definition) is 4. The Hall–Kier alpha value is -2.24. The Bertz CT molecular complexity index is 856. The van der Waals surface area contributed by atoms with E-state index in [0.717, 1.165) is 16.9 Å². The number of carbonyl (C=O) groups is 2. The Morgan fingerprint density at radius 1 is 1.07 bits per heavy atom. The van der Waals surface area contributed by atoms with Gasteiger partial charge in [-0.3, -0.25) is 9.59 Å². The fourth-order valence-electron chi connectivity index (χ4n) is 3.04. The van der Waals surface area contributed by atoms with Crippen LogP contribution in [0.1, 0.15) is 36.8 Å². The van der Waals surface area contributed by atoms with E-state index in [1.807, 2.05) is 24.3 Å². The molecule has 29 heavy (non-hydrogen) atoms. The fourth-order valence-corrected chi connectivity index (χ4v) is 3.35. The zero-order valence-electron chi connectivity index (χ0n) is 16.8. The Kier molecular flexibility index (Phi) is 8.80. The first-order chi connectivity index (χ1) is 13.8. The molecule has 2 aromatic rings. The monoisotopic (exact) mass is 437 g/mol. The molecule has 7 heteroatoms. The van der Waals surface area contributed by atoms with Gasteiger partial charge in [0.1, 0.15) is 5.75 Å². The van der Waals surface area contributed by atoms with Crippen molar-refractivity contribution in [3.63, 3.8) is 0 Å². The number of methoxy groups -OCH3 is 1. The van der Waals surface area contributed by atoms with E-state index in [1.165, 1.54) is 0 Å². The second-order valence-corrected chi connectivity index (χ2v) is 7.46. The van der Waals surface area contributed by atoms with Gasteiger partial charge in [-0.05, 0) is 30.7 Å². The highest BCUT2D eigenvalue weighted by atomic mass is 35.5. The second kappa shape index (κ2) is 11.1. The number of rotatable bonds is 9. The predicted octanol–water partition coefficient (Wildman–Crippen LogP) is 5.09. The van der Waals surface area contributed by atoms with Gasteiger partial charge in [-0.2, -0.15) is 0 Å². The van der Waals surface area contributed by atoms with Crippen molar-refractivity contribution in [3.8, 4) is 5.75 Å². The first kappa shape index (κ1) is 23.0. The summed E-state index contributed by atoms with van der Waals surface area (Å²) in [6.45, 7) is 2.43. The van der Waals surface area contributed by atoms with Crippen LogP contribution < -0.4 is 4.74 Å². The summed E-state index contributed by atoms with van der Waals surface area (Å²) in [6, 6.07) is 12.7. The third kappa shape index (κ3) is 6.65. The van der Waals surface area contributed by atoms with Crippen molar-refractivity contribution in [2.24, 2.45) is 0 Å². The Morgan fingerprint density at radius 3 is 2.45 bits per heavy atom. The lowest BCUT2D eigenvalue weighted by Crippen LogP contribution is -2.28. The van der Waals surface area contributed by atoms with Gasteiger partial charge in [0.25, 0.3) is 0 Å². The van der Waals surface area contributed by atoms with Crippen LogP contribution in [-0.4, -0.2) is 37.5 Å². The van der Waals surface area contributed by atoms with Crippen LogP contribution in [0.25, 0.3) is 0 Å². The summed E-state index contributed by atoms with van der Waals surface area (Å²) in [5, 5.41) is 0.803. The smallest absolute Gasteiger partial charge is 0.306 e. The zero-order chi connectivity index (χ0) is 21.4. The molecule has 5 nitrogen and oxygen atoms in total. The first-order valence-corrected chi connectivity index (χ1v) is 10.1. The van der Waals surface area contributed by atoms with E-state index in [9.17, 15) is 9.59 Å². The Labute approximate surface area is 181 Å². The molecular formula is C22H25Cl2NO4. The molecule has 0 radical (unpaired) electrons. The minimum absolute atomic E-state index is 0.0834. The standard InChI is InChI=1S/C22H25Cl2NO4/c1-4-29-22(27)13-17(15-9-10-18(23)19(24)11-15)12-21(26)25(2)14-16-7-5-6-8-20(16)28-3/h5-11,17H,4,12-14H2,1-3H3. The quantitative estimate of drug-likeness (QED) is 0.512. The molecule has 156 valence electrons. The largest absolute Gasteiger partial charge is 0.496 e. The first-order valence-electron chi connectivity index (χ1n) is 9.32. The number of esters is 1. The third-order valence-electron chi connectivity index (χ3n) is 4.58. The number of halogens is 2. The number of carbonyl (C=O) groups excluding carboxylic acids is 2. The molecular weight excluding hydrogens is 413 g/mol. The predicted molar refractivity (Wildman–Crippen MR) is 115 cm³/mol. The topological polar surface area (TPSA) is 55.8 Å². The average molecular weight is 438 g/mol. The SMILES string of the molecule is CCOC(=O)CC(CC(=O)N(C)Cc1ccccc1OC)c1ccc(Cl)c(Cl)c1. The fraction of sp³-hybridized carbons (Fsp3) is 0.364. The third-order valence-corrected chi connectivity index (χ3v) is 5.32. The van der Waals surface area contributed by atoms with Gasteiger partial charge in [-0.25, -0.2) is 0 Å². The zero-order valence-corrected chi connectivity index (χ0v) is 18.3. The van der Waals surface area contributed by atoms with Gasteiger partial charge >= 0.3 is 5.97 Å². The lowest BCUT2D eigenvalue weighted by Gasteiger charge is -2.23. The molecule has 2 aromatic carbocycles. The number of amides is 1. The van der Waals surface area contributed by atoms with Gasteiger partial charge < -0.3 is 14.4 Å². The summed E-state index contributed by atoms with van der Waals surface area (Å²) in [5.74, 6) is -0.101. The number of hydrogen-bond donors (Lipinski definition) is 0. The summed E-state index contributed by atoms with van der Waals surface area (Å²) in [5.41, 5.74) is 1.67. The maximum absolute atomic E-state index is 12.9. The summed E-state index contributed by atoms with van der Waals surface area (Å²) in [7, 11) is 3.32. The van der Waals surface area contributed by atoms with Crippen molar-refractivity contribution in [2.45, 2.75) is 32.2 Å². The number of para-hydroxylation sites is 1. The van der Waals surface area contributed by atoms with Crippen molar-refractivity contribution in [1.29, 1.82) is 0 Å². The molecule has 0 aliphatic rings. The number of nitrogens with zero attached hydrogens (tertiary/aromatic N) is 1. The van der Waals surface area contributed by atoms with Crippen LogP contribution in [0.4, 0.5) is 0 Å². The highest BCUT2D eigenvalue weighted by molar-refractivity contribution is 6.42. The van der Waals surface area contributed by atoms with E-state index >= 15 is 0 Å². The molecule has 0 fully saturated rings. The van der Waals surface area contributed by atoms with Gasteiger partial charge in [0.15, 0.2) is 0 Å². The van der Waals surface area contributed by atoms with Crippen molar-refractivity contribution >= 4 is 35.1 Å². The van der Waals surface area contributed by atoms with E-state index in [2.05, 4.69) is 0 Å². The van der Waals surface area contributed by atoms with Crippen molar-refractivity contribution in [3.05, 3.63) is 63.6 Å². The maximum Gasteiger partial charge on any atom is 0.306 e. The van der Waals surface area contributed by atoms with E-state index in [-0.39, 0.29) is 37.2 Å². The normalized spacial score (nSPS) is 11.6. The van der Waals surface area contributed by atoms with Gasteiger partial charge in [-0.15, -0.1) is 0 Å². The van der Waals surface area contributed by atoms with Crippen molar-refractivity contribution < 1.29 is 19.1 Å². The summed E-state index contributed by atoms with van der Waals surface area (Å²) in [4.78, 5) is 26.6. The van der Waals surface area contributed by atoms with Crippen LogP contribution in [0, 0.1) is 0 Å². The molecule has 0 bridgehead atoms. The number of ether oxygens (including phenoxy) is 2. The molecule has 2 rings (SSSR count). The van der Waals surface area contributed by atoms with Crippen LogP contribution in [0.15, 0.2) is 42.5 Å². The van der Waals surface area contributed by atoms with E-state index in [4.69, 9.17) is 32.7 Å². The minimum atomic E-state index is -0.364. The van der Waals surface area contributed by atoms with Gasteiger partial charge in [0.2, 0.25) is 5.91 Å². The van der Waals surface area contributed by atoms with Crippen LogP contribution >= 0.6 is 23.2 Å². The average Bonchev–Trinajstić information content (AvgIpc) is 2.70. The molecule has 1 atom stereocenters. The molecule has 0 aliphatic carbocycles. The molecule has 0 spiro atoms. The Balaban J connectivity index is 2.16. The van der Waals surface area contributed by atoms with E-state index < -0.39 is 0 Å². The maximum atomic E-state index is 12.9. The van der Waals surface area contributed by atoms with Crippen LogP contribution in [0.2, 0.25) is 10.0 Å². The summed E-state index contributed by atoms with van der Waals surface area (Å²) >= 11 is 12.1. The summed E-state index contributed by atoms with van der Waals surface area (Å²) in [6.07, 6.45) is 0.225. The number of benzene rings is 2. The van der Waals surface area contributed by atoms with Crippen LogP contribution in [0.5, 0.6) is 5.75 Å². The van der Waals surface area contributed by atoms with E-state index in [1.54, 1.807) is 44.2 Å². The molecule has 0 aromatic heterocycles. The summed E-state index contributed by atoms with van der Waals surface area (Å²) < 4.78 is 10.4. The highest BCUT2D eigenvalue weighted by Crippen LogP contribution is 2.31. The van der Waals surface area contributed by atoms with Gasteiger partial charge in [0, 0.05) is 31.5 Å². The molecule has 1 unspecified atom stereocenters. The van der Waals surface area contributed by atoms with Gasteiger partial charge in [-0.1, -0.05) is 47.5 Å². The van der Waals surface area contributed by atoms with Crippen LogP contribution in [0.3, 0.4) is 0 Å². The molecule has 0 saturated carbocycles. The molecule has 0 aliphatic heterocycles. The van der Waals surface area contributed by atoms with Gasteiger partial charge in [0.05, 0.1) is 30.2 Å². The minimum Gasteiger partial charge on any atom is -0.496 e. The van der Waals surface area contributed by atoms with E-state index in [0.29, 0.717) is 16.6 Å². The van der Waals surface area contributed by atoms with Crippen molar-refractivity contribution in [1.82, 2.24) is 4.90 Å². The van der Waals surface area contributed by atoms with Crippen molar-refractivity contribution in [2.75, 3.05) is 20.8 Å². The Morgan fingerprint density at radius 2 is 1.79 bits per heavy atom. The lowest BCUT2D eigenvalue weighted by atomic mass is 9.92.